The number of carbonyl (C=O) groups is 1. The molecule has 1 saturated carbocycles. The minimum absolute atomic E-state index is 0.0896. The van der Waals surface area contributed by atoms with Gasteiger partial charge in [-0.05, 0) is 44.4 Å². The molecule has 0 saturated heterocycles. The summed E-state index contributed by atoms with van der Waals surface area (Å²) >= 11 is 0. The average Bonchev–Trinajstić information content (AvgIpc) is 3.16. The van der Waals surface area contributed by atoms with Gasteiger partial charge >= 0.3 is 0 Å². The molecule has 0 aliphatic heterocycles. The van der Waals surface area contributed by atoms with Gasteiger partial charge in [0.25, 0.3) is 5.91 Å². The summed E-state index contributed by atoms with van der Waals surface area (Å²) in [6.45, 7) is 3.80. The van der Waals surface area contributed by atoms with Crippen LogP contribution in [0.25, 0.3) is 0 Å². The quantitative estimate of drug-likeness (QED) is 0.912. The minimum Gasteiger partial charge on any atom is -0.336 e. The first-order chi connectivity index (χ1) is 9.25. The van der Waals surface area contributed by atoms with E-state index in [0.717, 1.165) is 18.9 Å². The van der Waals surface area contributed by atoms with E-state index in [2.05, 4.69) is 0 Å². The highest BCUT2D eigenvalue weighted by Gasteiger charge is 2.32. The van der Waals surface area contributed by atoms with Crippen LogP contribution in [-0.2, 0) is 10.0 Å². The second-order valence-corrected chi connectivity index (χ2v) is 6.50. The van der Waals surface area contributed by atoms with Gasteiger partial charge in [-0.25, -0.2) is 17.9 Å². The van der Waals surface area contributed by atoms with Crippen LogP contribution >= 0.6 is 0 Å². The van der Waals surface area contributed by atoms with Crippen LogP contribution in [0.5, 0.6) is 0 Å². The molecule has 1 amide bonds. The van der Waals surface area contributed by atoms with Crippen LogP contribution in [-0.4, -0.2) is 31.8 Å². The normalized spacial score (nSPS) is 15.2. The molecule has 0 spiro atoms. The summed E-state index contributed by atoms with van der Waals surface area (Å²) in [5, 5.41) is 4.98. The van der Waals surface area contributed by atoms with E-state index >= 15 is 0 Å². The average molecular weight is 300 g/mol. The van der Waals surface area contributed by atoms with Crippen molar-refractivity contribution in [2.24, 2.45) is 5.14 Å². The fourth-order valence-electron chi connectivity index (χ4n) is 2.19. The van der Waals surface area contributed by atoms with E-state index in [9.17, 15) is 17.6 Å². The fourth-order valence-corrected chi connectivity index (χ4v) is 2.89. The molecule has 0 heterocycles. The Hall–Kier alpha value is -1.47. The highest BCUT2D eigenvalue weighted by Crippen LogP contribution is 2.29. The van der Waals surface area contributed by atoms with Gasteiger partial charge in [-0.15, -0.1) is 0 Å². The molecule has 7 heteroatoms. The smallest absolute Gasteiger partial charge is 0.254 e. The van der Waals surface area contributed by atoms with E-state index in [1.165, 1.54) is 13.0 Å². The van der Waals surface area contributed by atoms with Gasteiger partial charge in [0.2, 0.25) is 10.0 Å². The van der Waals surface area contributed by atoms with E-state index in [-0.39, 0.29) is 23.1 Å². The summed E-state index contributed by atoms with van der Waals surface area (Å²) in [5.41, 5.74) is 0.244. The maximum Gasteiger partial charge on any atom is 0.254 e. The number of rotatable bonds is 4. The number of primary sulfonamides is 1. The van der Waals surface area contributed by atoms with Crippen LogP contribution in [0.1, 0.15) is 35.7 Å². The Morgan fingerprint density at radius 2 is 2.05 bits per heavy atom. The highest BCUT2D eigenvalue weighted by atomic mass is 32.2. The van der Waals surface area contributed by atoms with Crippen molar-refractivity contribution in [2.75, 3.05) is 6.54 Å². The number of hydrogen-bond donors (Lipinski definition) is 1. The molecule has 0 atom stereocenters. The van der Waals surface area contributed by atoms with Crippen molar-refractivity contribution in [3.05, 3.63) is 29.1 Å². The lowest BCUT2D eigenvalue weighted by Crippen LogP contribution is -2.33. The van der Waals surface area contributed by atoms with E-state index in [4.69, 9.17) is 5.14 Å². The van der Waals surface area contributed by atoms with Crippen molar-refractivity contribution in [1.29, 1.82) is 0 Å². The van der Waals surface area contributed by atoms with Crippen LogP contribution in [0.2, 0.25) is 0 Å². The monoisotopic (exact) mass is 300 g/mol. The molecule has 1 aromatic rings. The first-order valence-electron chi connectivity index (χ1n) is 6.39. The Morgan fingerprint density at radius 3 is 2.50 bits per heavy atom. The third-order valence-corrected chi connectivity index (χ3v) is 4.27. The van der Waals surface area contributed by atoms with Crippen molar-refractivity contribution in [3.63, 3.8) is 0 Å². The zero-order valence-corrected chi connectivity index (χ0v) is 12.2. The Kier molecular flexibility index (Phi) is 3.84. The molecule has 0 bridgehead atoms. The molecular formula is C13H17FN2O3S. The number of nitrogens with zero attached hydrogens (tertiary/aromatic N) is 1. The van der Waals surface area contributed by atoms with Crippen LogP contribution in [0.3, 0.4) is 0 Å². The fraction of sp³-hybridized carbons (Fsp3) is 0.462. The lowest BCUT2D eigenvalue weighted by atomic mass is 10.1. The molecule has 0 unspecified atom stereocenters. The standard InChI is InChI=1S/C13H17FN2O3S/c1-3-16(10-4-5-10)13(17)9-6-8(2)12(14)11(7-9)20(15,18)19/h6-7,10H,3-5H2,1-2H3,(H2,15,18,19). The molecule has 20 heavy (non-hydrogen) atoms. The lowest BCUT2D eigenvalue weighted by molar-refractivity contribution is 0.0752. The van der Waals surface area contributed by atoms with Gasteiger partial charge in [0, 0.05) is 18.2 Å². The lowest BCUT2D eigenvalue weighted by Gasteiger charge is -2.21. The molecule has 1 aromatic carbocycles. The van der Waals surface area contributed by atoms with Gasteiger partial charge in [0.15, 0.2) is 0 Å². The maximum atomic E-state index is 13.8. The van der Waals surface area contributed by atoms with Crippen molar-refractivity contribution >= 4 is 15.9 Å². The second kappa shape index (κ2) is 5.14. The number of nitrogens with two attached hydrogens (primary N) is 1. The Labute approximate surface area is 117 Å². The molecule has 0 radical (unpaired) electrons. The molecule has 1 aliphatic carbocycles. The van der Waals surface area contributed by atoms with E-state index < -0.39 is 20.7 Å². The zero-order chi connectivity index (χ0) is 15.1. The zero-order valence-electron chi connectivity index (χ0n) is 11.4. The summed E-state index contributed by atoms with van der Waals surface area (Å²) in [5.74, 6) is -1.19. The molecule has 2 rings (SSSR count). The summed E-state index contributed by atoms with van der Waals surface area (Å²) < 4.78 is 36.6. The molecule has 1 fully saturated rings. The number of benzene rings is 1. The molecule has 0 aromatic heterocycles. The molecule has 110 valence electrons. The van der Waals surface area contributed by atoms with Gasteiger partial charge in [-0.3, -0.25) is 4.79 Å². The van der Waals surface area contributed by atoms with Gasteiger partial charge in [0.1, 0.15) is 10.7 Å². The van der Waals surface area contributed by atoms with Crippen molar-refractivity contribution in [1.82, 2.24) is 4.90 Å². The third kappa shape index (κ3) is 2.83. The molecule has 2 N–H and O–H groups in total. The Balaban J connectivity index is 2.47. The number of amides is 1. The number of aryl methyl sites for hydroxylation is 1. The van der Waals surface area contributed by atoms with Crippen LogP contribution in [0, 0.1) is 12.7 Å². The van der Waals surface area contributed by atoms with Crippen LogP contribution in [0.15, 0.2) is 17.0 Å². The number of carbonyl (C=O) groups excluding carboxylic acids is 1. The Morgan fingerprint density at radius 1 is 1.45 bits per heavy atom. The second-order valence-electron chi connectivity index (χ2n) is 4.97. The van der Waals surface area contributed by atoms with Crippen molar-refractivity contribution in [2.45, 2.75) is 37.6 Å². The topological polar surface area (TPSA) is 80.5 Å². The summed E-state index contributed by atoms with van der Waals surface area (Å²) in [7, 11) is -4.19. The highest BCUT2D eigenvalue weighted by molar-refractivity contribution is 7.89. The van der Waals surface area contributed by atoms with Gasteiger partial charge in [0.05, 0.1) is 0 Å². The van der Waals surface area contributed by atoms with Gasteiger partial charge < -0.3 is 4.90 Å². The van der Waals surface area contributed by atoms with E-state index in [1.54, 1.807) is 4.90 Å². The number of hydrogen-bond acceptors (Lipinski definition) is 3. The number of halogens is 1. The molecule has 5 nitrogen and oxygen atoms in total. The van der Waals surface area contributed by atoms with Crippen LogP contribution < -0.4 is 5.14 Å². The van der Waals surface area contributed by atoms with Crippen molar-refractivity contribution in [3.8, 4) is 0 Å². The summed E-state index contributed by atoms with van der Waals surface area (Å²) in [6, 6.07) is 2.58. The van der Waals surface area contributed by atoms with Gasteiger partial charge in [-0.2, -0.15) is 0 Å². The maximum absolute atomic E-state index is 13.8. The Bertz CT molecular complexity index is 654. The van der Waals surface area contributed by atoms with Crippen LogP contribution in [0.4, 0.5) is 4.39 Å². The predicted molar refractivity (Wildman–Crippen MR) is 72.2 cm³/mol. The number of sulfonamides is 1. The summed E-state index contributed by atoms with van der Waals surface area (Å²) in [6.07, 6.45) is 1.89. The first kappa shape index (κ1) is 14.9. The molecular weight excluding hydrogens is 283 g/mol. The minimum atomic E-state index is -4.19. The predicted octanol–water partition coefficient (Wildman–Crippen LogP) is 1.41. The first-order valence-corrected chi connectivity index (χ1v) is 7.94. The SMILES string of the molecule is CCN(C(=O)c1cc(C)c(F)c(S(N)(=O)=O)c1)C1CC1. The summed E-state index contributed by atoms with van der Waals surface area (Å²) in [4.78, 5) is 13.4. The largest absolute Gasteiger partial charge is 0.336 e. The third-order valence-electron chi connectivity index (χ3n) is 3.36. The van der Waals surface area contributed by atoms with E-state index in [0.29, 0.717) is 6.54 Å². The molecule has 1 aliphatic rings. The van der Waals surface area contributed by atoms with Crippen molar-refractivity contribution < 1.29 is 17.6 Å². The van der Waals surface area contributed by atoms with Gasteiger partial charge in [-0.1, -0.05) is 0 Å². The van der Waals surface area contributed by atoms with E-state index in [1.807, 2.05) is 6.92 Å².